The predicted octanol–water partition coefficient (Wildman–Crippen LogP) is 0.610. The first-order valence-electron chi connectivity index (χ1n) is 5.94. The number of amides is 1. The molecule has 0 spiro atoms. The van der Waals surface area contributed by atoms with Crippen LogP contribution in [-0.2, 0) is 11.2 Å². The Labute approximate surface area is 115 Å². The van der Waals surface area contributed by atoms with Crippen molar-refractivity contribution in [2.75, 3.05) is 0 Å². The van der Waals surface area contributed by atoms with Gasteiger partial charge in [-0.25, -0.2) is 9.67 Å². The third-order valence-electron chi connectivity index (χ3n) is 3.02. The van der Waals surface area contributed by atoms with Crippen molar-refractivity contribution in [3.8, 4) is 5.82 Å². The van der Waals surface area contributed by atoms with Crippen LogP contribution in [-0.4, -0.2) is 31.7 Å². The monoisotopic (exact) mass is 274 g/mol. The number of carbonyl (C=O) groups excluding carboxylic acids is 1. The number of aromatic nitrogens is 3. The number of carboxylic acids is 1. The van der Waals surface area contributed by atoms with Crippen LogP contribution in [0.2, 0.25) is 0 Å². The van der Waals surface area contributed by atoms with Crippen LogP contribution in [0.3, 0.4) is 0 Å². The summed E-state index contributed by atoms with van der Waals surface area (Å²) < 4.78 is 1.45. The number of pyridine rings is 1. The maximum atomic E-state index is 11.4. The molecule has 0 unspecified atom stereocenters. The number of aryl methyl sites for hydroxylation is 1. The highest BCUT2D eigenvalue weighted by Gasteiger charge is 2.19. The fourth-order valence-corrected chi connectivity index (χ4v) is 2.05. The van der Waals surface area contributed by atoms with Crippen molar-refractivity contribution >= 4 is 11.9 Å². The van der Waals surface area contributed by atoms with E-state index >= 15 is 0 Å². The van der Waals surface area contributed by atoms with E-state index in [0.29, 0.717) is 22.8 Å². The smallest absolute Gasteiger partial charge is 0.307 e. The summed E-state index contributed by atoms with van der Waals surface area (Å²) in [7, 11) is 0. The minimum absolute atomic E-state index is 0.129. The van der Waals surface area contributed by atoms with Gasteiger partial charge in [0.2, 0.25) is 0 Å². The molecule has 1 amide bonds. The second-order valence-electron chi connectivity index (χ2n) is 4.37. The highest BCUT2D eigenvalue weighted by molar-refractivity contribution is 5.95. The lowest BCUT2D eigenvalue weighted by atomic mass is 10.1. The lowest BCUT2D eigenvalue weighted by Gasteiger charge is -2.07. The van der Waals surface area contributed by atoms with Crippen molar-refractivity contribution in [3.05, 3.63) is 40.8 Å². The number of nitrogens with two attached hydrogens (primary N) is 1. The molecule has 0 aliphatic carbocycles. The number of nitrogens with zero attached hydrogens (tertiary/aromatic N) is 3. The molecule has 2 heterocycles. The van der Waals surface area contributed by atoms with Gasteiger partial charge in [0.25, 0.3) is 5.91 Å². The van der Waals surface area contributed by atoms with Crippen molar-refractivity contribution in [1.82, 2.24) is 14.8 Å². The first-order valence-corrected chi connectivity index (χ1v) is 5.94. The zero-order chi connectivity index (χ0) is 14.9. The van der Waals surface area contributed by atoms with Gasteiger partial charge in [0, 0.05) is 17.5 Å². The van der Waals surface area contributed by atoms with E-state index < -0.39 is 11.9 Å². The molecule has 104 valence electrons. The van der Waals surface area contributed by atoms with Gasteiger partial charge in [-0.05, 0) is 26.0 Å². The number of carboxylic acid groups (broad SMARTS) is 1. The van der Waals surface area contributed by atoms with Crippen LogP contribution in [0, 0.1) is 13.8 Å². The van der Waals surface area contributed by atoms with Gasteiger partial charge in [0.1, 0.15) is 0 Å². The molecule has 2 aromatic rings. The zero-order valence-corrected chi connectivity index (χ0v) is 11.1. The van der Waals surface area contributed by atoms with E-state index in [1.54, 1.807) is 26.0 Å². The third kappa shape index (κ3) is 2.37. The number of primary amides is 1. The summed E-state index contributed by atoms with van der Waals surface area (Å²) in [6.45, 7) is 3.45. The van der Waals surface area contributed by atoms with Gasteiger partial charge in [-0.15, -0.1) is 0 Å². The second kappa shape index (κ2) is 5.12. The van der Waals surface area contributed by atoms with Crippen LogP contribution in [0.1, 0.15) is 27.3 Å². The van der Waals surface area contributed by atoms with Crippen LogP contribution in [0.25, 0.3) is 5.82 Å². The van der Waals surface area contributed by atoms with E-state index in [1.807, 2.05) is 0 Å². The van der Waals surface area contributed by atoms with Crippen LogP contribution in [0.4, 0.5) is 0 Å². The molecular weight excluding hydrogens is 260 g/mol. The second-order valence-corrected chi connectivity index (χ2v) is 4.37. The van der Waals surface area contributed by atoms with E-state index in [4.69, 9.17) is 10.8 Å². The molecule has 3 N–H and O–H groups in total. The molecule has 7 heteroatoms. The van der Waals surface area contributed by atoms with E-state index in [9.17, 15) is 9.59 Å². The first kappa shape index (κ1) is 13.7. The SMILES string of the molecule is Cc1nn(-c2ncccc2C(N)=O)c(C)c1CC(=O)O. The molecular formula is C13H14N4O3. The molecule has 7 nitrogen and oxygen atoms in total. The Morgan fingerprint density at radius 3 is 2.70 bits per heavy atom. The Bertz CT molecular complexity index is 691. The lowest BCUT2D eigenvalue weighted by Crippen LogP contribution is -2.17. The summed E-state index contributed by atoms with van der Waals surface area (Å²) in [4.78, 5) is 26.4. The Morgan fingerprint density at radius 1 is 1.40 bits per heavy atom. The maximum absolute atomic E-state index is 11.4. The molecule has 0 saturated heterocycles. The van der Waals surface area contributed by atoms with Gasteiger partial charge in [0.15, 0.2) is 5.82 Å². The molecule has 0 saturated carbocycles. The molecule has 0 radical (unpaired) electrons. The molecule has 2 rings (SSSR count). The van der Waals surface area contributed by atoms with Crippen LogP contribution < -0.4 is 5.73 Å². The molecule has 0 bridgehead atoms. The number of hydrogen-bond donors (Lipinski definition) is 2. The fraction of sp³-hybridized carbons (Fsp3) is 0.231. The van der Waals surface area contributed by atoms with E-state index in [0.717, 1.165) is 0 Å². The van der Waals surface area contributed by atoms with Gasteiger partial charge in [-0.1, -0.05) is 0 Å². The van der Waals surface area contributed by atoms with Crippen molar-refractivity contribution in [1.29, 1.82) is 0 Å². The van der Waals surface area contributed by atoms with Crippen molar-refractivity contribution in [3.63, 3.8) is 0 Å². The first-order chi connectivity index (χ1) is 9.41. The van der Waals surface area contributed by atoms with E-state index in [2.05, 4.69) is 10.1 Å². The van der Waals surface area contributed by atoms with Crippen LogP contribution in [0.15, 0.2) is 18.3 Å². The van der Waals surface area contributed by atoms with Crippen molar-refractivity contribution in [2.24, 2.45) is 5.73 Å². The molecule has 0 atom stereocenters. The van der Waals surface area contributed by atoms with E-state index in [-0.39, 0.29) is 12.0 Å². The summed E-state index contributed by atoms with van der Waals surface area (Å²) in [5, 5.41) is 13.2. The van der Waals surface area contributed by atoms with Crippen LogP contribution in [0.5, 0.6) is 0 Å². The summed E-state index contributed by atoms with van der Waals surface area (Å²) in [6.07, 6.45) is 1.39. The minimum atomic E-state index is -0.938. The molecule has 2 aromatic heterocycles. The molecule has 0 aromatic carbocycles. The van der Waals surface area contributed by atoms with E-state index in [1.165, 1.54) is 10.9 Å². The Balaban J connectivity index is 2.60. The van der Waals surface area contributed by atoms with Gasteiger partial charge >= 0.3 is 5.97 Å². The Hall–Kier alpha value is -2.70. The number of hydrogen-bond acceptors (Lipinski definition) is 4. The number of carbonyl (C=O) groups is 2. The summed E-state index contributed by atoms with van der Waals surface area (Å²) in [5.74, 6) is -1.25. The van der Waals surface area contributed by atoms with Gasteiger partial charge in [0.05, 0.1) is 17.7 Å². The summed E-state index contributed by atoms with van der Waals surface area (Å²) >= 11 is 0. The Morgan fingerprint density at radius 2 is 2.10 bits per heavy atom. The predicted molar refractivity (Wildman–Crippen MR) is 70.7 cm³/mol. The average molecular weight is 274 g/mol. The van der Waals surface area contributed by atoms with Gasteiger partial charge in [-0.3, -0.25) is 9.59 Å². The molecule has 0 fully saturated rings. The molecule has 0 aliphatic heterocycles. The van der Waals surface area contributed by atoms with Crippen molar-refractivity contribution < 1.29 is 14.7 Å². The molecule has 20 heavy (non-hydrogen) atoms. The number of rotatable bonds is 4. The number of aliphatic carboxylic acids is 1. The highest BCUT2D eigenvalue weighted by atomic mass is 16.4. The summed E-state index contributed by atoms with van der Waals surface area (Å²) in [5.41, 5.74) is 7.38. The quantitative estimate of drug-likeness (QED) is 0.848. The Kier molecular flexibility index (Phi) is 3.51. The lowest BCUT2D eigenvalue weighted by molar-refractivity contribution is -0.136. The standard InChI is InChI=1S/C13H14N4O3/c1-7-10(6-11(18)19)8(2)17(16-7)13-9(12(14)20)4-3-5-15-13/h3-5H,6H2,1-2H3,(H2,14,20)(H,18,19). The normalized spacial score (nSPS) is 10.5. The summed E-state index contributed by atoms with van der Waals surface area (Å²) in [6, 6.07) is 3.16. The maximum Gasteiger partial charge on any atom is 0.307 e. The third-order valence-corrected chi connectivity index (χ3v) is 3.02. The topological polar surface area (TPSA) is 111 Å². The van der Waals surface area contributed by atoms with Gasteiger partial charge < -0.3 is 10.8 Å². The van der Waals surface area contributed by atoms with Gasteiger partial charge in [-0.2, -0.15) is 5.10 Å². The van der Waals surface area contributed by atoms with Crippen molar-refractivity contribution in [2.45, 2.75) is 20.3 Å². The molecule has 0 aliphatic rings. The minimum Gasteiger partial charge on any atom is -0.481 e. The fourth-order valence-electron chi connectivity index (χ4n) is 2.05. The average Bonchev–Trinajstić information content (AvgIpc) is 2.66. The van der Waals surface area contributed by atoms with Crippen LogP contribution >= 0.6 is 0 Å². The largest absolute Gasteiger partial charge is 0.481 e. The zero-order valence-electron chi connectivity index (χ0n) is 11.1. The highest BCUT2D eigenvalue weighted by Crippen LogP contribution is 2.19.